The number of carbonyl (C=O) groups excluding carboxylic acids is 1. The molecular weight excluding hydrogens is 270 g/mol. The highest BCUT2D eigenvalue weighted by molar-refractivity contribution is 5.67. The van der Waals surface area contributed by atoms with E-state index < -0.39 is 11.7 Å². The summed E-state index contributed by atoms with van der Waals surface area (Å²) < 4.78 is 10.6. The quantitative estimate of drug-likeness (QED) is 0.791. The molecule has 2 N–H and O–H groups in total. The van der Waals surface area contributed by atoms with E-state index in [0.717, 1.165) is 38.9 Å². The van der Waals surface area contributed by atoms with Gasteiger partial charge in [-0.25, -0.2) is 4.79 Å². The van der Waals surface area contributed by atoms with Crippen molar-refractivity contribution in [3.8, 4) is 0 Å². The first-order chi connectivity index (χ1) is 9.80. The van der Waals surface area contributed by atoms with Gasteiger partial charge < -0.3 is 19.9 Å². The lowest BCUT2D eigenvalue weighted by Crippen LogP contribution is -2.43. The molecule has 1 rings (SSSR count). The number of aliphatic hydroxyl groups excluding tert-OH is 1. The van der Waals surface area contributed by atoms with Crippen LogP contribution in [0.15, 0.2) is 0 Å². The minimum Gasteiger partial charge on any atom is -0.444 e. The first-order valence-corrected chi connectivity index (χ1v) is 7.96. The van der Waals surface area contributed by atoms with Gasteiger partial charge in [0.15, 0.2) is 0 Å². The lowest BCUT2D eigenvalue weighted by Gasteiger charge is -2.36. The largest absolute Gasteiger partial charge is 0.444 e. The summed E-state index contributed by atoms with van der Waals surface area (Å²) in [6.07, 6.45) is 3.40. The fourth-order valence-corrected chi connectivity index (χ4v) is 2.71. The zero-order valence-electron chi connectivity index (χ0n) is 13.9. The first-order valence-electron chi connectivity index (χ1n) is 7.96. The number of rotatable bonds is 6. The number of carbonyl (C=O) groups is 1. The fourth-order valence-electron chi connectivity index (χ4n) is 2.71. The Kier molecular flexibility index (Phi) is 6.94. The normalized spacial score (nSPS) is 19.9. The zero-order chi connectivity index (χ0) is 15.9. The molecule has 1 atom stereocenters. The number of nitrogens with one attached hydrogen (secondary N) is 1. The van der Waals surface area contributed by atoms with Crippen LogP contribution in [-0.2, 0) is 9.47 Å². The standard InChI is InChI=1S/C16H31NO4/c1-5-16(12-18,10-13-6-8-20-9-7-13)11-17-14(19)21-15(2,3)4/h13,18H,5-12H2,1-4H3,(H,17,19). The van der Waals surface area contributed by atoms with Gasteiger partial charge >= 0.3 is 6.09 Å². The zero-order valence-corrected chi connectivity index (χ0v) is 13.9. The topological polar surface area (TPSA) is 67.8 Å². The molecule has 0 saturated carbocycles. The Morgan fingerprint density at radius 1 is 1.33 bits per heavy atom. The fraction of sp³-hybridized carbons (Fsp3) is 0.938. The third-order valence-corrected chi connectivity index (χ3v) is 4.15. The molecule has 1 fully saturated rings. The Balaban J connectivity index is 2.52. The van der Waals surface area contributed by atoms with E-state index in [1.165, 1.54) is 0 Å². The molecule has 124 valence electrons. The SMILES string of the molecule is CCC(CO)(CNC(=O)OC(C)(C)C)CC1CCOCC1. The first kappa shape index (κ1) is 18.2. The van der Waals surface area contributed by atoms with Gasteiger partial charge in [0.2, 0.25) is 0 Å². The molecule has 1 aliphatic rings. The van der Waals surface area contributed by atoms with E-state index in [-0.39, 0.29) is 12.0 Å². The van der Waals surface area contributed by atoms with Crippen LogP contribution in [0.5, 0.6) is 0 Å². The molecule has 0 spiro atoms. The second-order valence-corrected chi connectivity index (χ2v) is 7.13. The number of hydrogen-bond donors (Lipinski definition) is 2. The van der Waals surface area contributed by atoms with Gasteiger partial charge in [-0.2, -0.15) is 0 Å². The summed E-state index contributed by atoms with van der Waals surface area (Å²) in [7, 11) is 0. The van der Waals surface area contributed by atoms with E-state index in [1.807, 2.05) is 20.8 Å². The third kappa shape index (κ3) is 6.66. The van der Waals surface area contributed by atoms with Crippen LogP contribution in [0.25, 0.3) is 0 Å². The van der Waals surface area contributed by atoms with Gasteiger partial charge in [-0.15, -0.1) is 0 Å². The molecule has 0 aromatic carbocycles. The Morgan fingerprint density at radius 3 is 2.43 bits per heavy atom. The molecule has 0 aliphatic carbocycles. The molecule has 0 radical (unpaired) electrons. The van der Waals surface area contributed by atoms with E-state index in [0.29, 0.717) is 12.5 Å². The molecular formula is C16H31NO4. The van der Waals surface area contributed by atoms with Crippen molar-refractivity contribution in [1.29, 1.82) is 0 Å². The Morgan fingerprint density at radius 2 is 1.95 bits per heavy atom. The highest BCUT2D eigenvalue weighted by atomic mass is 16.6. The molecule has 1 saturated heterocycles. The highest BCUT2D eigenvalue weighted by Crippen LogP contribution is 2.33. The van der Waals surface area contributed by atoms with E-state index in [1.54, 1.807) is 0 Å². The Bertz CT molecular complexity index is 315. The van der Waals surface area contributed by atoms with E-state index >= 15 is 0 Å². The van der Waals surface area contributed by atoms with Gasteiger partial charge in [0.25, 0.3) is 0 Å². The second-order valence-electron chi connectivity index (χ2n) is 7.13. The monoisotopic (exact) mass is 301 g/mol. The number of amides is 1. The molecule has 0 bridgehead atoms. The Labute approximate surface area is 128 Å². The van der Waals surface area contributed by atoms with Crippen molar-refractivity contribution in [1.82, 2.24) is 5.32 Å². The average molecular weight is 301 g/mol. The molecule has 0 aromatic heterocycles. The molecule has 5 heteroatoms. The van der Waals surface area contributed by atoms with Crippen molar-refractivity contribution < 1.29 is 19.4 Å². The van der Waals surface area contributed by atoms with Gasteiger partial charge in [-0.3, -0.25) is 0 Å². The van der Waals surface area contributed by atoms with Crippen LogP contribution < -0.4 is 5.32 Å². The van der Waals surface area contributed by atoms with Crippen molar-refractivity contribution in [2.45, 2.75) is 59.0 Å². The van der Waals surface area contributed by atoms with Crippen LogP contribution >= 0.6 is 0 Å². The summed E-state index contributed by atoms with van der Waals surface area (Å²) in [5.74, 6) is 0.561. The van der Waals surface area contributed by atoms with Crippen molar-refractivity contribution in [2.24, 2.45) is 11.3 Å². The van der Waals surface area contributed by atoms with E-state index in [9.17, 15) is 9.90 Å². The van der Waals surface area contributed by atoms with E-state index in [2.05, 4.69) is 12.2 Å². The summed E-state index contributed by atoms with van der Waals surface area (Å²) in [6.45, 7) is 9.72. The van der Waals surface area contributed by atoms with Gasteiger partial charge in [0.1, 0.15) is 5.60 Å². The summed E-state index contributed by atoms with van der Waals surface area (Å²) in [4.78, 5) is 11.8. The molecule has 1 amide bonds. The third-order valence-electron chi connectivity index (χ3n) is 4.15. The van der Waals surface area contributed by atoms with Crippen molar-refractivity contribution in [2.75, 3.05) is 26.4 Å². The van der Waals surface area contributed by atoms with Gasteiger partial charge in [0, 0.05) is 25.2 Å². The van der Waals surface area contributed by atoms with Crippen LogP contribution in [-0.4, -0.2) is 43.2 Å². The number of hydrogen-bond acceptors (Lipinski definition) is 4. The smallest absolute Gasteiger partial charge is 0.407 e. The molecule has 5 nitrogen and oxygen atoms in total. The number of aliphatic hydroxyl groups is 1. The maximum Gasteiger partial charge on any atom is 0.407 e. The highest BCUT2D eigenvalue weighted by Gasteiger charge is 2.32. The van der Waals surface area contributed by atoms with Crippen LogP contribution in [0.3, 0.4) is 0 Å². The maximum atomic E-state index is 11.8. The van der Waals surface area contributed by atoms with E-state index in [4.69, 9.17) is 9.47 Å². The molecule has 1 aliphatic heterocycles. The van der Waals surface area contributed by atoms with Crippen molar-refractivity contribution >= 4 is 6.09 Å². The van der Waals surface area contributed by atoms with Crippen molar-refractivity contribution in [3.63, 3.8) is 0 Å². The number of alkyl carbamates (subject to hydrolysis) is 1. The maximum absolute atomic E-state index is 11.8. The lowest BCUT2D eigenvalue weighted by molar-refractivity contribution is 0.0221. The summed E-state index contributed by atoms with van der Waals surface area (Å²) >= 11 is 0. The average Bonchev–Trinajstić information content (AvgIpc) is 2.43. The van der Waals surface area contributed by atoms with Gasteiger partial charge in [0.05, 0.1) is 6.61 Å². The minimum absolute atomic E-state index is 0.0800. The molecule has 1 heterocycles. The second kappa shape index (κ2) is 7.99. The van der Waals surface area contributed by atoms with Crippen LogP contribution in [0.2, 0.25) is 0 Å². The summed E-state index contributed by atoms with van der Waals surface area (Å²) in [6, 6.07) is 0. The number of ether oxygens (including phenoxy) is 2. The van der Waals surface area contributed by atoms with Crippen LogP contribution in [0.4, 0.5) is 4.79 Å². The van der Waals surface area contributed by atoms with Crippen LogP contribution in [0.1, 0.15) is 53.4 Å². The van der Waals surface area contributed by atoms with Crippen molar-refractivity contribution in [3.05, 3.63) is 0 Å². The molecule has 21 heavy (non-hydrogen) atoms. The van der Waals surface area contributed by atoms with Gasteiger partial charge in [-0.1, -0.05) is 6.92 Å². The predicted molar refractivity (Wildman–Crippen MR) is 82.2 cm³/mol. The predicted octanol–water partition coefficient (Wildman–Crippen LogP) is 2.72. The molecule has 1 unspecified atom stereocenters. The lowest BCUT2D eigenvalue weighted by atomic mass is 9.75. The molecule has 0 aromatic rings. The summed E-state index contributed by atoms with van der Waals surface area (Å²) in [5.41, 5.74) is -0.766. The van der Waals surface area contributed by atoms with Crippen LogP contribution in [0, 0.1) is 11.3 Å². The minimum atomic E-state index is -0.501. The van der Waals surface area contributed by atoms with Gasteiger partial charge in [-0.05, 0) is 52.4 Å². The summed E-state index contributed by atoms with van der Waals surface area (Å²) in [5, 5.41) is 12.6. The Hall–Kier alpha value is -0.810.